The Balaban J connectivity index is 1.63. The number of unbranched alkanes of at least 4 members (excludes halogenated alkanes) is 2. The number of thioether (sulfide) groups is 1. The van der Waals surface area contributed by atoms with E-state index in [1.165, 1.54) is 0 Å². The van der Waals surface area contributed by atoms with Gasteiger partial charge >= 0.3 is 0 Å². The molecule has 196 valence electrons. The maximum absolute atomic E-state index is 13.4. The second-order valence-electron chi connectivity index (χ2n) is 8.98. The number of nitrogens with one attached hydrogen (secondary N) is 2. The summed E-state index contributed by atoms with van der Waals surface area (Å²) in [5.41, 5.74) is 2.23. The molecule has 2 amide bonds. The molecule has 3 aromatic carbocycles. The van der Waals surface area contributed by atoms with E-state index < -0.39 is 17.1 Å². The van der Waals surface area contributed by atoms with Crippen LogP contribution in [0, 0.1) is 0 Å². The van der Waals surface area contributed by atoms with E-state index in [1.54, 1.807) is 16.7 Å². The molecule has 0 radical (unpaired) electrons. The normalized spacial score (nSPS) is 11.0. The van der Waals surface area contributed by atoms with Crippen LogP contribution in [0.25, 0.3) is 10.9 Å². The molecule has 4 rings (SSSR count). The molecule has 0 fully saturated rings. The second-order valence-corrected chi connectivity index (χ2v) is 10.1. The van der Waals surface area contributed by atoms with E-state index in [9.17, 15) is 14.4 Å². The lowest BCUT2D eigenvalue weighted by Gasteiger charge is -2.19. The Morgan fingerprint density at radius 1 is 0.816 bits per heavy atom. The van der Waals surface area contributed by atoms with Crippen molar-refractivity contribution in [3.05, 3.63) is 106 Å². The number of rotatable bonds is 12. The highest BCUT2D eigenvalue weighted by Crippen LogP contribution is 2.24. The number of benzene rings is 3. The molecule has 0 spiro atoms. The summed E-state index contributed by atoms with van der Waals surface area (Å²) >= 11 is 1.02. The first-order valence-corrected chi connectivity index (χ1v) is 13.7. The topological polar surface area (TPSA) is 93.1 Å². The third-order valence-electron chi connectivity index (χ3n) is 6.13. The molecule has 8 heteroatoms. The maximum Gasteiger partial charge on any atom is 0.262 e. The molecular weight excluding hydrogens is 496 g/mol. The third-order valence-corrected chi connectivity index (χ3v) is 7.32. The number of hydrogen-bond acceptors (Lipinski definition) is 5. The quantitative estimate of drug-likeness (QED) is 0.121. The minimum Gasteiger partial charge on any atom is -0.351 e. The van der Waals surface area contributed by atoms with Gasteiger partial charge in [0.05, 0.1) is 10.9 Å². The van der Waals surface area contributed by atoms with E-state index in [1.807, 2.05) is 72.8 Å². The van der Waals surface area contributed by atoms with Gasteiger partial charge in [0.1, 0.15) is 0 Å². The molecule has 7 nitrogen and oxygen atoms in total. The number of nitrogens with zero attached hydrogens (tertiary/aromatic N) is 2. The average Bonchev–Trinajstić information content (AvgIpc) is 2.96. The van der Waals surface area contributed by atoms with E-state index in [4.69, 9.17) is 4.98 Å². The molecule has 0 saturated carbocycles. The van der Waals surface area contributed by atoms with Gasteiger partial charge in [0.2, 0.25) is 11.8 Å². The fourth-order valence-electron chi connectivity index (χ4n) is 4.04. The summed E-state index contributed by atoms with van der Waals surface area (Å²) in [6, 6.07) is 26.2. The first-order valence-electron chi connectivity index (χ1n) is 12.9. The van der Waals surface area contributed by atoms with Crippen LogP contribution >= 0.6 is 11.8 Å². The molecule has 0 aliphatic carbocycles. The summed E-state index contributed by atoms with van der Waals surface area (Å²) in [7, 11) is 0. The number of amides is 2. The zero-order chi connectivity index (χ0) is 26.7. The van der Waals surface area contributed by atoms with Crippen molar-refractivity contribution >= 4 is 34.5 Å². The number of carbonyl (C=O) groups is 2. The lowest BCUT2D eigenvalue weighted by atomic mass is 10.2. The Morgan fingerprint density at radius 3 is 1.95 bits per heavy atom. The lowest BCUT2D eigenvalue weighted by Crippen LogP contribution is -2.43. The van der Waals surface area contributed by atoms with E-state index in [-0.39, 0.29) is 18.6 Å². The molecule has 0 saturated heterocycles. The lowest BCUT2D eigenvalue weighted by molar-refractivity contribution is -0.128. The van der Waals surface area contributed by atoms with E-state index >= 15 is 0 Å². The van der Waals surface area contributed by atoms with Crippen LogP contribution in [0.15, 0.2) is 94.9 Å². The Labute approximate surface area is 226 Å². The summed E-state index contributed by atoms with van der Waals surface area (Å²) in [6.07, 6.45) is 2.77. The van der Waals surface area contributed by atoms with E-state index in [2.05, 4.69) is 17.6 Å². The van der Waals surface area contributed by atoms with Crippen LogP contribution in [-0.4, -0.2) is 26.6 Å². The van der Waals surface area contributed by atoms with Crippen molar-refractivity contribution in [2.45, 2.75) is 56.2 Å². The van der Waals surface area contributed by atoms with Gasteiger partial charge in [0.25, 0.3) is 5.56 Å². The SMILES string of the molecule is CCCCCn1c(SC(C(=O)NCc2ccccc2)C(=O)NCc2ccccc2)nc2ccccc2c1=O. The molecule has 38 heavy (non-hydrogen) atoms. The van der Waals surface area contributed by atoms with Crippen molar-refractivity contribution in [1.29, 1.82) is 0 Å². The highest BCUT2D eigenvalue weighted by molar-refractivity contribution is 8.01. The summed E-state index contributed by atoms with van der Waals surface area (Å²) in [5, 5.41) is 5.52. The monoisotopic (exact) mass is 528 g/mol. The van der Waals surface area contributed by atoms with Crippen LogP contribution in [0.2, 0.25) is 0 Å². The molecule has 1 heterocycles. The minimum absolute atomic E-state index is 0.164. The van der Waals surface area contributed by atoms with Crippen LogP contribution < -0.4 is 16.2 Å². The zero-order valence-corrected chi connectivity index (χ0v) is 22.2. The van der Waals surface area contributed by atoms with Gasteiger partial charge in [-0.1, -0.05) is 104 Å². The average molecular weight is 529 g/mol. The van der Waals surface area contributed by atoms with Crippen molar-refractivity contribution in [2.24, 2.45) is 0 Å². The summed E-state index contributed by atoms with van der Waals surface area (Å²) < 4.78 is 1.60. The number of carbonyl (C=O) groups excluding carboxylic acids is 2. The third kappa shape index (κ3) is 7.10. The van der Waals surface area contributed by atoms with Gasteiger partial charge in [0, 0.05) is 19.6 Å². The predicted octanol–water partition coefficient (Wildman–Crippen LogP) is 4.68. The van der Waals surface area contributed by atoms with Crippen molar-refractivity contribution in [1.82, 2.24) is 20.2 Å². The van der Waals surface area contributed by atoms with Gasteiger partial charge in [-0.3, -0.25) is 19.0 Å². The van der Waals surface area contributed by atoms with Crippen LogP contribution in [0.4, 0.5) is 0 Å². The largest absolute Gasteiger partial charge is 0.351 e. The smallest absolute Gasteiger partial charge is 0.262 e. The fraction of sp³-hybridized carbons (Fsp3) is 0.267. The number of aromatic nitrogens is 2. The van der Waals surface area contributed by atoms with E-state index in [0.717, 1.165) is 42.2 Å². The molecule has 1 aromatic heterocycles. The van der Waals surface area contributed by atoms with Crippen molar-refractivity contribution in [3.63, 3.8) is 0 Å². The Morgan fingerprint density at radius 2 is 1.37 bits per heavy atom. The minimum atomic E-state index is -1.13. The molecule has 4 aromatic rings. The molecule has 0 bridgehead atoms. The molecule has 0 unspecified atom stereocenters. The number of hydrogen-bond donors (Lipinski definition) is 2. The Kier molecular flexibility index (Phi) is 9.70. The standard InChI is InChI=1S/C30H32N4O3S/c1-2-3-12-19-34-29(37)24-17-10-11-18-25(24)33-30(34)38-26(27(35)31-20-22-13-6-4-7-14-22)28(36)32-21-23-15-8-5-9-16-23/h4-11,13-18,26H,2-3,12,19-21H2,1H3,(H,31,35)(H,32,36). The Hall–Kier alpha value is -3.91. The number of fused-ring (bicyclic) bond motifs is 1. The van der Waals surface area contributed by atoms with Crippen molar-refractivity contribution < 1.29 is 9.59 Å². The molecule has 2 N–H and O–H groups in total. The molecular formula is C30H32N4O3S. The van der Waals surface area contributed by atoms with Gasteiger partial charge in [-0.15, -0.1) is 0 Å². The summed E-state index contributed by atoms with van der Waals surface area (Å²) in [6.45, 7) is 3.15. The van der Waals surface area contributed by atoms with Gasteiger partial charge < -0.3 is 10.6 Å². The van der Waals surface area contributed by atoms with Gasteiger partial charge in [-0.05, 0) is 29.7 Å². The molecule has 0 aliphatic heterocycles. The predicted molar refractivity (Wildman–Crippen MR) is 152 cm³/mol. The highest BCUT2D eigenvalue weighted by Gasteiger charge is 2.30. The Bertz CT molecular complexity index is 1370. The van der Waals surface area contributed by atoms with Gasteiger partial charge in [-0.25, -0.2) is 4.98 Å². The number of para-hydroxylation sites is 1. The van der Waals surface area contributed by atoms with Crippen LogP contribution in [0.3, 0.4) is 0 Å². The maximum atomic E-state index is 13.4. The second kappa shape index (κ2) is 13.6. The summed E-state index contributed by atoms with van der Waals surface area (Å²) in [5.74, 6) is -0.876. The molecule has 0 aliphatic rings. The first-order chi connectivity index (χ1) is 18.6. The fourth-order valence-corrected chi connectivity index (χ4v) is 5.09. The highest BCUT2D eigenvalue weighted by atomic mass is 32.2. The zero-order valence-electron chi connectivity index (χ0n) is 21.4. The van der Waals surface area contributed by atoms with Crippen molar-refractivity contribution in [3.8, 4) is 0 Å². The van der Waals surface area contributed by atoms with Gasteiger partial charge in [-0.2, -0.15) is 0 Å². The van der Waals surface area contributed by atoms with E-state index in [0.29, 0.717) is 22.6 Å². The van der Waals surface area contributed by atoms with Gasteiger partial charge in [0.15, 0.2) is 10.4 Å². The van der Waals surface area contributed by atoms with Crippen LogP contribution in [0.5, 0.6) is 0 Å². The van der Waals surface area contributed by atoms with Crippen LogP contribution in [0.1, 0.15) is 37.3 Å². The molecule has 0 atom stereocenters. The first kappa shape index (κ1) is 27.1. The van der Waals surface area contributed by atoms with Crippen molar-refractivity contribution in [2.75, 3.05) is 0 Å². The van der Waals surface area contributed by atoms with Crippen LogP contribution in [-0.2, 0) is 29.2 Å². The summed E-state index contributed by atoms with van der Waals surface area (Å²) in [4.78, 5) is 44.9.